The van der Waals surface area contributed by atoms with Crippen LogP contribution in [-0.2, 0) is 6.42 Å². The van der Waals surface area contributed by atoms with Crippen LogP contribution in [-0.4, -0.2) is 14.9 Å². The number of para-hydroxylation sites is 1. The van der Waals surface area contributed by atoms with E-state index >= 15 is 0 Å². The molecule has 0 radical (unpaired) electrons. The molecule has 0 saturated carbocycles. The van der Waals surface area contributed by atoms with E-state index in [4.69, 9.17) is 4.42 Å². The minimum atomic E-state index is -0.607. The number of nitrogens with zero attached hydrogens (tertiary/aromatic N) is 2. The minimum absolute atomic E-state index is 0.326. The van der Waals surface area contributed by atoms with E-state index in [2.05, 4.69) is 18.9 Å². The van der Waals surface area contributed by atoms with Crippen LogP contribution in [0.3, 0.4) is 0 Å². The van der Waals surface area contributed by atoms with Gasteiger partial charge in [0.15, 0.2) is 0 Å². The van der Waals surface area contributed by atoms with Crippen LogP contribution in [0.2, 0.25) is 0 Å². The standard InChI is InChI=1S/C17H20N2O2/c1-11(2)19-9-8-13(18-19)10-15(20)17-12(3)21-16-7-5-4-6-14(16)17/h4-9,11,15,20H,10H2,1-3H3. The molecule has 3 aromatic rings. The van der Waals surface area contributed by atoms with Gasteiger partial charge < -0.3 is 9.52 Å². The van der Waals surface area contributed by atoms with Gasteiger partial charge in [0.1, 0.15) is 11.3 Å². The predicted molar refractivity (Wildman–Crippen MR) is 82.2 cm³/mol. The van der Waals surface area contributed by atoms with Gasteiger partial charge in [0.05, 0.1) is 11.8 Å². The van der Waals surface area contributed by atoms with Crippen molar-refractivity contribution in [3.8, 4) is 0 Å². The van der Waals surface area contributed by atoms with Crippen LogP contribution in [0.25, 0.3) is 11.0 Å². The van der Waals surface area contributed by atoms with E-state index in [-0.39, 0.29) is 0 Å². The lowest BCUT2D eigenvalue weighted by Gasteiger charge is -2.09. The van der Waals surface area contributed by atoms with Crippen molar-refractivity contribution in [3.63, 3.8) is 0 Å². The highest BCUT2D eigenvalue weighted by Gasteiger charge is 2.19. The Balaban J connectivity index is 1.89. The van der Waals surface area contributed by atoms with Crippen molar-refractivity contribution in [2.24, 2.45) is 0 Å². The summed E-state index contributed by atoms with van der Waals surface area (Å²) in [7, 11) is 0. The van der Waals surface area contributed by atoms with Gasteiger partial charge in [0.2, 0.25) is 0 Å². The number of hydrogen-bond acceptors (Lipinski definition) is 3. The molecule has 21 heavy (non-hydrogen) atoms. The molecule has 110 valence electrons. The van der Waals surface area contributed by atoms with Crippen LogP contribution in [0.15, 0.2) is 40.9 Å². The third-order valence-electron chi connectivity index (χ3n) is 3.75. The Morgan fingerprint density at radius 3 is 2.71 bits per heavy atom. The number of aromatic nitrogens is 2. The van der Waals surface area contributed by atoms with Gasteiger partial charge >= 0.3 is 0 Å². The van der Waals surface area contributed by atoms with Gasteiger partial charge in [0.25, 0.3) is 0 Å². The van der Waals surface area contributed by atoms with Gasteiger partial charge in [-0.3, -0.25) is 4.68 Å². The van der Waals surface area contributed by atoms with Crippen molar-refractivity contribution in [2.45, 2.75) is 39.3 Å². The molecule has 0 saturated heterocycles. The molecule has 2 aromatic heterocycles. The summed E-state index contributed by atoms with van der Waals surface area (Å²) in [6.45, 7) is 6.06. The molecule has 0 fully saturated rings. The van der Waals surface area contributed by atoms with Gasteiger partial charge in [-0.15, -0.1) is 0 Å². The molecule has 0 spiro atoms. The Bertz CT molecular complexity index is 755. The van der Waals surface area contributed by atoms with Gasteiger partial charge in [-0.2, -0.15) is 5.10 Å². The Hall–Kier alpha value is -2.07. The molecule has 1 unspecified atom stereocenters. The van der Waals surface area contributed by atoms with Crippen molar-refractivity contribution in [1.29, 1.82) is 0 Å². The second kappa shape index (κ2) is 5.37. The second-order valence-corrected chi connectivity index (χ2v) is 5.67. The Morgan fingerprint density at radius 1 is 1.24 bits per heavy atom. The zero-order chi connectivity index (χ0) is 15.0. The predicted octanol–water partition coefficient (Wildman–Crippen LogP) is 3.79. The molecule has 1 aromatic carbocycles. The first-order chi connectivity index (χ1) is 10.1. The highest BCUT2D eigenvalue weighted by atomic mass is 16.3. The van der Waals surface area contributed by atoms with E-state index in [1.165, 1.54) is 0 Å². The summed E-state index contributed by atoms with van der Waals surface area (Å²) < 4.78 is 7.62. The second-order valence-electron chi connectivity index (χ2n) is 5.67. The van der Waals surface area contributed by atoms with Crippen LogP contribution in [0.4, 0.5) is 0 Å². The largest absolute Gasteiger partial charge is 0.461 e. The average molecular weight is 284 g/mol. The summed E-state index contributed by atoms with van der Waals surface area (Å²) >= 11 is 0. The topological polar surface area (TPSA) is 51.2 Å². The van der Waals surface area contributed by atoms with Crippen LogP contribution >= 0.6 is 0 Å². The van der Waals surface area contributed by atoms with E-state index in [9.17, 15) is 5.11 Å². The molecule has 4 nitrogen and oxygen atoms in total. The summed E-state index contributed by atoms with van der Waals surface area (Å²) in [5.74, 6) is 0.770. The highest BCUT2D eigenvalue weighted by Crippen LogP contribution is 2.31. The zero-order valence-electron chi connectivity index (χ0n) is 12.6. The van der Waals surface area contributed by atoms with Gasteiger partial charge in [-0.25, -0.2) is 0 Å². The first-order valence-corrected chi connectivity index (χ1v) is 7.26. The summed E-state index contributed by atoms with van der Waals surface area (Å²) in [5.41, 5.74) is 2.57. The number of aliphatic hydroxyl groups is 1. The molecule has 0 bridgehead atoms. The quantitative estimate of drug-likeness (QED) is 0.793. The van der Waals surface area contributed by atoms with E-state index < -0.39 is 6.10 Å². The van der Waals surface area contributed by atoms with Gasteiger partial charge in [0, 0.05) is 29.6 Å². The van der Waals surface area contributed by atoms with Crippen molar-refractivity contribution in [3.05, 3.63) is 53.5 Å². The maximum absolute atomic E-state index is 10.6. The monoisotopic (exact) mass is 284 g/mol. The lowest BCUT2D eigenvalue weighted by Crippen LogP contribution is -2.06. The van der Waals surface area contributed by atoms with Crippen LogP contribution in [0.5, 0.6) is 0 Å². The molecule has 0 aliphatic carbocycles. The Kier molecular flexibility index (Phi) is 3.55. The number of aliphatic hydroxyl groups excluding tert-OH is 1. The summed E-state index contributed by atoms with van der Waals surface area (Å²) in [6.07, 6.45) is 1.83. The van der Waals surface area contributed by atoms with Crippen LogP contribution < -0.4 is 0 Å². The molecule has 1 atom stereocenters. The van der Waals surface area contributed by atoms with E-state index in [0.717, 1.165) is 28.0 Å². The van der Waals surface area contributed by atoms with Crippen molar-refractivity contribution in [2.75, 3.05) is 0 Å². The molecular formula is C17H20N2O2. The SMILES string of the molecule is Cc1oc2ccccc2c1C(O)Cc1ccn(C(C)C)n1. The van der Waals surface area contributed by atoms with Crippen molar-refractivity contribution < 1.29 is 9.52 Å². The molecule has 4 heteroatoms. The third-order valence-corrected chi connectivity index (χ3v) is 3.75. The van der Waals surface area contributed by atoms with Gasteiger partial charge in [-0.1, -0.05) is 18.2 Å². The van der Waals surface area contributed by atoms with Crippen molar-refractivity contribution in [1.82, 2.24) is 9.78 Å². The third kappa shape index (κ3) is 2.59. The van der Waals surface area contributed by atoms with Crippen molar-refractivity contribution >= 4 is 11.0 Å². The van der Waals surface area contributed by atoms with E-state index in [1.807, 2.05) is 48.1 Å². The Labute approximate surface area is 124 Å². The fourth-order valence-electron chi connectivity index (χ4n) is 2.68. The number of hydrogen-bond donors (Lipinski definition) is 1. The number of fused-ring (bicyclic) bond motifs is 1. The normalized spacial score (nSPS) is 13.2. The number of benzene rings is 1. The highest BCUT2D eigenvalue weighted by molar-refractivity contribution is 5.82. The van der Waals surface area contributed by atoms with E-state index in [1.54, 1.807) is 0 Å². The first kappa shape index (κ1) is 13.9. The minimum Gasteiger partial charge on any atom is -0.461 e. The molecule has 0 aliphatic heterocycles. The lowest BCUT2D eigenvalue weighted by molar-refractivity contribution is 0.176. The molecular weight excluding hydrogens is 264 g/mol. The maximum atomic E-state index is 10.6. The van der Waals surface area contributed by atoms with Crippen LogP contribution in [0.1, 0.15) is 43.0 Å². The molecule has 3 rings (SSSR count). The molecule has 2 heterocycles. The molecule has 1 N–H and O–H groups in total. The first-order valence-electron chi connectivity index (χ1n) is 7.26. The summed E-state index contributed by atoms with van der Waals surface area (Å²) in [5, 5.41) is 16.1. The Morgan fingerprint density at radius 2 is 2.00 bits per heavy atom. The zero-order valence-corrected chi connectivity index (χ0v) is 12.6. The maximum Gasteiger partial charge on any atom is 0.134 e. The number of rotatable bonds is 4. The van der Waals surface area contributed by atoms with E-state index in [0.29, 0.717) is 12.5 Å². The number of furan rings is 1. The fourth-order valence-corrected chi connectivity index (χ4v) is 2.68. The summed E-state index contributed by atoms with van der Waals surface area (Å²) in [6, 6.07) is 10.1. The average Bonchev–Trinajstić information content (AvgIpc) is 3.01. The summed E-state index contributed by atoms with van der Waals surface area (Å²) in [4.78, 5) is 0. The number of aryl methyl sites for hydroxylation is 1. The van der Waals surface area contributed by atoms with Gasteiger partial charge in [-0.05, 0) is 32.9 Å². The van der Waals surface area contributed by atoms with Crippen LogP contribution in [0, 0.1) is 6.92 Å². The molecule has 0 amide bonds. The molecule has 0 aliphatic rings. The fraction of sp³-hybridized carbons (Fsp3) is 0.353. The lowest BCUT2D eigenvalue weighted by atomic mass is 10.0. The smallest absolute Gasteiger partial charge is 0.134 e.